The normalized spacial score (nSPS) is 28.9. The third-order valence-corrected chi connectivity index (χ3v) is 6.46. The van der Waals surface area contributed by atoms with E-state index in [1.807, 2.05) is 0 Å². The first-order valence-electron chi connectivity index (χ1n) is 6.87. The number of sulfonamides is 1. The van der Waals surface area contributed by atoms with E-state index in [1.165, 1.54) is 4.31 Å². The number of carboxylic acids is 1. The van der Waals surface area contributed by atoms with Crippen LogP contribution in [0.4, 0.5) is 0 Å². The molecule has 0 bridgehead atoms. The number of hydrogen-bond acceptors (Lipinski definition) is 5. The van der Waals surface area contributed by atoms with E-state index >= 15 is 0 Å². The van der Waals surface area contributed by atoms with Gasteiger partial charge in [-0.1, -0.05) is 6.92 Å². The Hall–Kier alpha value is -0.700. The van der Waals surface area contributed by atoms with Crippen LogP contribution in [0.3, 0.4) is 0 Å². The van der Waals surface area contributed by atoms with Crippen molar-refractivity contribution in [2.75, 3.05) is 33.0 Å². The van der Waals surface area contributed by atoms with Gasteiger partial charge in [0.25, 0.3) is 0 Å². The third-order valence-electron chi connectivity index (χ3n) is 3.97. The SMILES string of the molecule is CCN(C1COCC1C(=O)O)S(=O)(=O)C1CCOCC1. The summed E-state index contributed by atoms with van der Waals surface area (Å²) in [5, 5.41) is 8.70. The zero-order valence-corrected chi connectivity index (χ0v) is 12.3. The van der Waals surface area contributed by atoms with Crippen LogP contribution in [0.25, 0.3) is 0 Å². The van der Waals surface area contributed by atoms with Gasteiger partial charge in [0.15, 0.2) is 0 Å². The lowest BCUT2D eigenvalue weighted by Crippen LogP contribution is -2.50. The minimum Gasteiger partial charge on any atom is -0.481 e. The molecule has 0 radical (unpaired) electrons. The predicted octanol–water partition coefficient (Wildman–Crippen LogP) is -0.0833. The fourth-order valence-corrected chi connectivity index (χ4v) is 4.95. The molecule has 0 aromatic rings. The highest BCUT2D eigenvalue weighted by Gasteiger charge is 2.44. The summed E-state index contributed by atoms with van der Waals surface area (Å²) < 4.78 is 37.1. The fourth-order valence-electron chi connectivity index (χ4n) is 2.83. The summed E-state index contributed by atoms with van der Waals surface area (Å²) in [6.07, 6.45) is 0.925. The molecule has 2 rings (SSSR count). The molecule has 7 nitrogen and oxygen atoms in total. The number of nitrogens with zero attached hydrogens (tertiary/aromatic N) is 1. The highest BCUT2D eigenvalue weighted by atomic mass is 32.2. The molecule has 0 spiro atoms. The lowest BCUT2D eigenvalue weighted by molar-refractivity contribution is -0.142. The number of carbonyl (C=O) groups is 1. The van der Waals surface area contributed by atoms with Crippen molar-refractivity contribution >= 4 is 16.0 Å². The highest BCUT2D eigenvalue weighted by Crippen LogP contribution is 2.27. The summed E-state index contributed by atoms with van der Waals surface area (Å²) in [4.78, 5) is 11.2. The molecule has 1 N–H and O–H groups in total. The first-order valence-corrected chi connectivity index (χ1v) is 8.37. The summed E-state index contributed by atoms with van der Waals surface area (Å²) in [7, 11) is -3.51. The van der Waals surface area contributed by atoms with Crippen LogP contribution >= 0.6 is 0 Å². The summed E-state index contributed by atoms with van der Waals surface area (Å²) in [6.45, 7) is 3.08. The average Bonchev–Trinajstić information content (AvgIpc) is 2.89. The molecule has 0 aliphatic carbocycles. The van der Waals surface area contributed by atoms with E-state index in [4.69, 9.17) is 9.47 Å². The first kappa shape index (κ1) is 15.7. The van der Waals surface area contributed by atoms with Crippen molar-refractivity contribution in [1.29, 1.82) is 0 Å². The summed E-state index contributed by atoms with van der Waals surface area (Å²) >= 11 is 0. The molecule has 2 unspecified atom stereocenters. The van der Waals surface area contributed by atoms with Gasteiger partial charge in [-0.05, 0) is 12.8 Å². The van der Waals surface area contributed by atoms with E-state index in [2.05, 4.69) is 0 Å². The van der Waals surface area contributed by atoms with Crippen molar-refractivity contribution in [2.24, 2.45) is 5.92 Å². The van der Waals surface area contributed by atoms with Gasteiger partial charge in [-0.15, -0.1) is 0 Å². The summed E-state index contributed by atoms with van der Waals surface area (Å²) in [6, 6.07) is -0.606. The standard InChI is InChI=1S/C12H21NO6S/c1-2-13(11-8-19-7-10(11)12(14)15)20(16,17)9-3-5-18-6-4-9/h9-11H,2-8H2,1H3,(H,14,15). The molecule has 2 atom stereocenters. The van der Waals surface area contributed by atoms with Gasteiger partial charge in [-0.25, -0.2) is 8.42 Å². The maximum atomic E-state index is 12.7. The maximum absolute atomic E-state index is 12.7. The zero-order chi connectivity index (χ0) is 14.8. The topological polar surface area (TPSA) is 93.1 Å². The van der Waals surface area contributed by atoms with Gasteiger partial charge in [-0.3, -0.25) is 4.79 Å². The number of ether oxygens (including phenoxy) is 2. The van der Waals surface area contributed by atoms with Crippen LogP contribution in [-0.2, 0) is 24.3 Å². The average molecular weight is 307 g/mol. The molecule has 2 fully saturated rings. The van der Waals surface area contributed by atoms with Gasteiger partial charge < -0.3 is 14.6 Å². The Labute approximate surface area is 118 Å². The van der Waals surface area contributed by atoms with Crippen LogP contribution in [0.2, 0.25) is 0 Å². The largest absolute Gasteiger partial charge is 0.481 e. The van der Waals surface area contributed by atoms with E-state index in [0.717, 1.165) is 0 Å². The number of hydrogen-bond donors (Lipinski definition) is 1. The minimum atomic E-state index is -3.51. The number of aliphatic carboxylic acids is 1. The van der Waals surface area contributed by atoms with Crippen LogP contribution in [0.15, 0.2) is 0 Å². The van der Waals surface area contributed by atoms with Crippen molar-refractivity contribution in [3.63, 3.8) is 0 Å². The van der Waals surface area contributed by atoms with Crippen LogP contribution in [0.5, 0.6) is 0 Å². The summed E-state index contributed by atoms with van der Waals surface area (Å²) in [5.74, 6) is -1.79. The predicted molar refractivity (Wildman–Crippen MR) is 70.9 cm³/mol. The minimum absolute atomic E-state index is 0.0692. The number of carboxylic acid groups (broad SMARTS) is 1. The molecule has 116 valence electrons. The lowest BCUT2D eigenvalue weighted by atomic mass is 10.0. The van der Waals surface area contributed by atoms with Gasteiger partial charge in [-0.2, -0.15) is 4.31 Å². The molecule has 0 amide bonds. The molecule has 2 heterocycles. The van der Waals surface area contributed by atoms with Gasteiger partial charge in [0.1, 0.15) is 0 Å². The van der Waals surface area contributed by atoms with E-state index in [1.54, 1.807) is 6.92 Å². The lowest BCUT2D eigenvalue weighted by Gasteiger charge is -2.33. The molecule has 2 aliphatic heterocycles. The third kappa shape index (κ3) is 2.98. The summed E-state index contributed by atoms with van der Waals surface area (Å²) in [5.41, 5.74) is 0. The smallest absolute Gasteiger partial charge is 0.310 e. The van der Waals surface area contributed by atoms with Crippen LogP contribution in [0.1, 0.15) is 19.8 Å². The first-order chi connectivity index (χ1) is 9.48. The molecule has 2 saturated heterocycles. The van der Waals surface area contributed by atoms with Crippen LogP contribution in [0, 0.1) is 5.92 Å². The van der Waals surface area contributed by atoms with Crippen molar-refractivity contribution < 1.29 is 27.8 Å². The fraction of sp³-hybridized carbons (Fsp3) is 0.917. The Bertz CT molecular complexity index is 445. The van der Waals surface area contributed by atoms with Gasteiger partial charge in [0.05, 0.1) is 30.4 Å². The number of rotatable bonds is 5. The molecular weight excluding hydrogens is 286 g/mol. The van der Waals surface area contributed by atoms with Crippen molar-refractivity contribution in [2.45, 2.75) is 31.1 Å². The number of likely N-dealkylation sites (N-methyl/N-ethyl adjacent to an activating group) is 1. The van der Waals surface area contributed by atoms with E-state index in [9.17, 15) is 18.3 Å². The second-order valence-electron chi connectivity index (χ2n) is 5.11. The van der Waals surface area contributed by atoms with Crippen molar-refractivity contribution in [3.8, 4) is 0 Å². The highest BCUT2D eigenvalue weighted by molar-refractivity contribution is 7.89. The monoisotopic (exact) mass is 307 g/mol. The van der Waals surface area contributed by atoms with E-state index in [0.29, 0.717) is 26.1 Å². The Morgan fingerprint density at radius 2 is 1.90 bits per heavy atom. The molecular formula is C12H21NO6S. The Morgan fingerprint density at radius 1 is 1.25 bits per heavy atom. The zero-order valence-electron chi connectivity index (χ0n) is 11.5. The van der Waals surface area contributed by atoms with Gasteiger partial charge >= 0.3 is 5.97 Å². The Kier molecular flexibility index (Phi) is 5.00. The Balaban J connectivity index is 2.19. The molecule has 20 heavy (non-hydrogen) atoms. The molecule has 0 aromatic carbocycles. The second kappa shape index (κ2) is 6.38. The van der Waals surface area contributed by atoms with Crippen LogP contribution in [-0.4, -0.2) is 68.1 Å². The quantitative estimate of drug-likeness (QED) is 0.763. The van der Waals surface area contributed by atoms with Crippen molar-refractivity contribution in [3.05, 3.63) is 0 Å². The van der Waals surface area contributed by atoms with Gasteiger partial charge in [0.2, 0.25) is 10.0 Å². The Morgan fingerprint density at radius 3 is 2.45 bits per heavy atom. The molecule has 0 aromatic heterocycles. The van der Waals surface area contributed by atoms with Crippen LogP contribution < -0.4 is 0 Å². The second-order valence-corrected chi connectivity index (χ2v) is 7.28. The molecule has 2 aliphatic rings. The maximum Gasteiger partial charge on any atom is 0.310 e. The van der Waals surface area contributed by atoms with E-state index < -0.39 is 33.2 Å². The van der Waals surface area contributed by atoms with E-state index in [-0.39, 0.29) is 19.8 Å². The molecule has 0 saturated carbocycles. The van der Waals surface area contributed by atoms with Crippen molar-refractivity contribution in [1.82, 2.24) is 4.31 Å². The van der Waals surface area contributed by atoms with Gasteiger partial charge in [0, 0.05) is 19.8 Å². The molecule has 8 heteroatoms.